The number of carbonyl (C=O) groups is 1. The highest BCUT2D eigenvalue weighted by atomic mass is 35.5. The molecule has 188 valence electrons. The lowest BCUT2D eigenvalue weighted by Crippen LogP contribution is -2.29. The third-order valence-corrected chi connectivity index (χ3v) is 7.69. The minimum absolute atomic E-state index is 0.124. The van der Waals surface area contributed by atoms with Gasteiger partial charge in [0.15, 0.2) is 0 Å². The molecular weight excluding hydrogens is 496 g/mol. The van der Waals surface area contributed by atoms with Gasteiger partial charge in [-0.25, -0.2) is 0 Å². The standard InChI is InChI=1S/C27H29ClN4O3S/c1-17-23(16-31(2)13-11-22(33)21-6-4-5-12-29-21)36-26-24(17)32(3)15-20(25(26)34)27(35)30-14-18-7-9-19(28)10-8-18/h4-10,12,15,22,33H,11,13-14,16H2,1-3H3,(H,30,35). The highest BCUT2D eigenvalue weighted by molar-refractivity contribution is 7.19. The molecule has 9 heteroatoms. The van der Waals surface area contributed by atoms with E-state index in [1.165, 1.54) is 11.3 Å². The molecule has 0 spiro atoms. The second-order valence-corrected chi connectivity index (χ2v) is 10.5. The van der Waals surface area contributed by atoms with Crippen molar-refractivity contribution in [1.82, 2.24) is 19.8 Å². The summed E-state index contributed by atoms with van der Waals surface area (Å²) in [7, 11) is 3.84. The maximum absolute atomic E-state index is 13.3. The predicted octanol–water partition coefficient (Wildman–Crippen LogP) is 4.44. The van der Waals surface area contributed by atoms with Gasteiger partial charge < -0.3 is 19.9 Å². The van der Waals surface area contributed by atoms with Gasteiger partial charge in [-0.3, -0.25) is 14.6 Å². The Hall–Kier alpha value is -3.04. The number of aromatic nitrogens is 2. The molecule has 1 aromatic carbocycles. The molecule has 0 radical (unpaired) electrons. The first-order valence-electron chi connectivity index (χ1n) is 11.7. The molecule has 2 N–H and O–H groups in total. The average molecular weight is 525 g/mol. The van der Waals surface area contributed by atoms with E-state index in [1.807, 2.05) is 55.9 Å². The van der Waals surface area contributed by atoms with E-state index in [2.05, 4.69) is 15.2 Å². The second kappa shape index (κ2) is 11.3. The van der Waals surface area contributed by atoms with Gasteiger partial charge in [0.2, 0.25) is 5.43 Å². The molecule has 1 amide bonds. The van der Waals surface area contributed by atoms with Gasteiger partial charge in [-0.1, -0.05) is 29.8 Å². The first kappa shape index (κ1) is 26.0. The van der Waals surface area contributed by atoms with Crippen molar-refractivity contribution in [1.29, 1.82) is 0 Å². The maximum atomic E-state index is 13.3. The number of hydrogen-bond acceptors (Lipinski definition) is 6. The third-order valence-electron chi connectivity index (χ3n) is 6.18. The first-order valence-corrected chi connectivity index (χ1v) is 12.9. The van der Waals surface area contributed by atoms with Crippen LogP contribution in [0.15, 0.2) is 59.7 Å². The number of hydrogen-bond donors (Lipinski definition) is 2. The highest BCUT2D eigenvalue weighted by Gasteiger charge is 2.20. The SMILES string of the molecule is Cc1c(CN(C)CCC(O)c2ccccn2)sc2c(=O)c(C(=O)NCc3ccc(Cl)cc3)cn(C)c12. The fourth-order valence-corrected chi connectivity index (χ4v) is 5.65. The van der Waals surface area contributed by atoms with Crippen LogP contribution in [-0.4, -0.2) is 39.1 Å². The highest BCUT2D eigenvalue weighted by Crippen LogP contribution is 2.30. The van der Waals surface area contributed by atoms with E-state index in [0.717, 1.165) is 21.5 Å². The van der Waals surface area contributed by atoms with Crippen molar-refractivity contribution in [2.45, 2.75) is 32.5 Å². The fourth-order valence-electron chi connectivity index (χ4n) is 4.15. The number of aliphatic hydroxyl groups excluding tert-OH is 1. The molecule has 0 aliphatic heterocycles. The van der Waals surface area contributed by atoms with Gasteiger partial charge in [-0.15, -0.1) is 11.3 Å². The van der Waals surface area contributed by atoms with E-state index >= 15 is 0 Å². The van der Waals surface area contributed by atoms with E-state index in [0.29, 0.717) is 41.5 Å². The summed E-state index contributed by atoms with van der Waals surface area (Å²) in [4.78, 5) is 33.5. The molecule has 3 aromatic heterocycles. The topological polar surface area (TPSA) is 87.5 Å². The van der Waals surface area contributed by atoms with E-state index < -0.39 is 12.0 Å². The van der Waals surface area contributed by atoms with E-state index in [9.17, 15) is 14.7 Å². The van der Waals surface area contributed by atoms with Gasteiger partial charge in [0.25, 0.3) is 5.91 Å². The number of aliphatic hydroxyl groups is 1. The van der Waals surface area contributed by atoms with Crippen LogP contribution in [0.1, 0.15) is 44.6 Å². The summed E-state index contributed by atoms with van der Waals surface area (Å²) in [6.45, 7) is 3.61. The quantitative estimate of drug-likeness (QED) is 0.338. The Balaban J connectivity index is 1.48. The minimum Gasteiger partial charge on any atom is -0.387 e. The van der Waals surface area contributed by atoms with Gasteiger partial charge in [0, 0.05) is 49.0 Å². The molecule has 1 unspecified atom stereocenters. The van der Waals surface area contributed by atoms with Crippen molar-refractivity contribution in [2.75, 3.05) is 13.6 Å². The summed E-state index contributed by atoms with van der Waals surface area (Å²) in [5.41, 5.74) is 3.30. The fraction of sp³-hybridized carbons (Fsp3) is 0.296. The number of rotatable bonds is 9. The number of benzene rings is 1. The molecular formula is C27H29ClN4O3S. The molecule has 1 atom stereocenters. The number of halogens is 1. The van der Waals surface area contributed by atoms with Crippen molar-refractivity contribution < 1.29 is 9.90 Å². The van der Waals surface area contributed by atoms with Crippen LogP contribution in [0, 0.1) is 6.92 Å². The van der Waals surface area contributed by atoms with Gasteiger partial charge in [0.05, 0.1) is 22.0 Å². The molecule has 0 saturated carbocycles. The van der Waals surface area contributed by atoms with Crippen molar-refractivity contribution in [2.24, 2.45) is 7.05 Å². The Morgan fingerprint density at radius 1 is 1.25 bits per heavy atom. The monoisotopic (exact) mass is 524 g/mol. The lowest BCUT2D eigenvalue weighted by molar-refractivity contribution is 0.0949. The number of fused-ring (bicyclic) bond motifs is 1. The minimum atomic E-state index is -0.628. The number of pyridine rings is 2. The Bertz CT molecular complexity index is 1420. The van der Waals surface area contributed by atoms with Crippen LogP contribution in [0.2, 0.25) is 5.02 Å². The number of aryl methyl sites for hydroxylation is 2. The van der Waals surface area contributed by atoms with Crippen molar-refractivity contribution in [3.05, 3.63) is 97.4 Å². The van der Waals surface area contributed by atoms with Crippen LogP contribution in [0.5, 0.6) is 0 Å². The lowest BCUT2D eigenvalue weighted by Gasteiger charge is -2.18. The third kappa shape index (κ3) is 5.84. The van der Waals surface area contributed by atoms with Crippen LogP contribution in [0.4, 0.5) is 0 Å². The molecule has 0 fully saturated rings. The molecule has 4 aromatic rings. The second-order valence-electron chi connectivity index (χ2n) is 8.92. The number of nitrogens with one attached hydrogen (secondary N) is 1. The van der Waals surface area contributed by atoms with Crippen LogP contribution in [0.25, 0.3) is 10.2 Å². The Kier molecular flexibility index (Phi) is 8.21. The zero-order chi connectivity index (χ0) is 25.8. The molecule has 3 heterocycles. The smallest absolute Gasteiger partial charge is 0.257 e. The van der Waals surface area contributed by atoms with E-state index in [1.54, 1.807) is 24.5 Å². The number of nitrogens with zero attached hydrogens (tertiary/aromatic N) is 3. The molecule has 0 bridgehead atoms. The van der Waals surface area contributed by atoms with Gasteiger partial charge >= 0.3 is 0 Å². The van der Waals surface area contributed by atoms with E-state index in [4.69, 9.17) is 11.6 Å². The first-order chi connectivity index (χ1) is 17.2. The Labute approximate surface area is 219 Å². The molecule has 36 heavy (non-hydrogen) atoms. The largest absolute Gasteiger partial charge is 0.387 e. The Morgan fingerprint density at radius 3 is 2.69 bits per heavy atom. The molecule has 0 aliphatic carbocycles. The van der Waals surface area contributed by atoms with Crippen LogP contribution >= 0.6 is 22.9 Å². The summed E-state index contributed by atoms with van der Waals surface area (Å²) in [6, 6.07) is 12.7. The molecule has 7 nitrogen and oxygen atoms in total. The van der Waals surface area contributed by atoms with Gasteiger partial charge in [-0.05, 0) is 55.8 Å². The Morgan fingerprint density at radius 2 is 2.00 bits per heavy atom. The summed E-state index contributed by atoms with van der Waals surface area (Å²) >= 11 is 7.35. The van der Waals surface area contributed by atoms with Crippen molar-refractivity contribution in [3.63, 3.8) is 0 Å². The lowest BCUT2D eigenvalue weighted by atomic mass is 10.1. The summed E-state index contributed by atoms with van der Waals surface area (Å²) < 4.78 is 2.43. The van der Waals surface area contributed by atoms with Crippen molar-refractivity contribution in [3.8, 4) is 0 Å². The summed E-state index contributed by atoms with van der Waals surface area (Å²) in [5.74, 6) is -0.402. The van der Waals surface area contributed by atoms with Crippen LogP contribution in [0.3, 0.4) is 0 Å². The molecule has 4 rings (SSSR count). The molecule has 0 aliphatic rings. The van der Waals surface area contributed by atoms with Gasteiger partial charge in [0.1, 0.15) is 5.56 Å². The van der Waals surface area contributed by atoms with Crippen LogP contribution < -0.4 is 10.7 Å². The maximum Gasteiger partial charge on any atom is 0.257 e. The predicted molar refractivity (Wildman–Crippen MR) is 145 cm³/mol. The average Bonchev–Trinajstić information content (AvgIpc) is 3.21. The normalized spacial score (nSPS) is 12.3. The molecule has 0 saturated heterocycles. The van der Waals surface area contributed by atoms with Gasteiger partial charge in [-0.2, -0.15) is 0 Å². The number of carbonyl (C=O) groups excluding carboxylic acids is 1. The summed E-state index contributed by atoms with van der Waals surface area (Å²) in [6.07, 6.45) is 3.21. The zero-order valence-electron chi connectivity index (χ0n) is 20.5. The van der Waals surface area contributed by atoms with Crippen LogP contribution in [-0.2, 0) is 20.1 Å². The van der Waals surface area contributed by atoms with E-state index in [-0.39, 0.29) is 11.0 Å². The zero-order valence-corrected chi connectivity index (χ0v) is 22.1. The summed E-state index contributed by atoms with van der Waals surface area (Å²) in [5, 5.41) is 13.9. The van der Waals surface area contributed by atoms with Crippen molar-refractivity contribution >= 4 is 39.1 Å². The number of thiophene rings is 1. The number of amides is 1.